The van der Waals surface area contributed by atoms with Crippen LogP contribution in [-0.2, 0) is 0 Å². The zero-order chi connectivity index (χ0) is 8.97. The van der Waals surface area contributed by atoms with Gasteiger partial charge in [0.25, 0.3) is 0 Å². The van der Waals surface area contributed by atoms with Crippen molar-refractivity contribution < 1.29 is 10.2 Å². The molecule has 0 radical (unpaired) electrons. The fraction of sp³-hybridized carbons (Fsp3) is 1.00. The Kier molecular flexibility index (Phi) is 4.02. The highest BCUT2D eigenvalue weighted by Gasteiger charge is 2.33. The van der Waals surface area contributed by atoms with E-state index >= 15 is 0 Å². The van der Waals surface area contributed by atoms with Gasteiger partial charge in [0, 0.05) is 12.5 Å². The van der Waals surface area contributed by atoms with Crippen molar-refractivity contribution >= 4 is 0 Å². The highest BCUT2D eigenvalue weighted by Crippen LogP contribution is 2.35. The van der Waals surface area contributed by atoms with Crippen molar-refractivity contribution in [3.05, 3.63) is 0 Å². The van der Waals surface area contributed by atoms with Crippen molar-refractivity contribution in [2.75, 3.05) is 6.61 Å². The molecule has 0 unspecified atom stereocenters. The fourth-order valence-electron chi connectivity index (χ4n) is 2.22. The van der Waals surface area contributed by atoms with Crippen LogP contribution in [-0.4, -0.2) is 22.9 Å². The van der Waals surface area contributed by atoms with E-state index in [0.717, 1.165) is 12.8 Å². The van der Waals surface area contributed by atoms with Gasteiger partial charge in [-0.15, -0.1) is 0 Å². The Balaban J connectivity index is 2.32. The van der Waals surface area contributed by atoms with Crippen LogP contribution in [0.5, 0.6) is 0 Å². The summed E-state index contributed by atoms with van der Waals surface area (Å²) in [5.41, 5.74) is 0. The van der Waals surface area contributed by atoms with E-state index in [-0.39, 0.29) is 18.6 Å². The first kappa shape index (κ1) is 10.0. The molecule has 1 aliphatic rings. The van der Waals surface area contributed by atoms with Gasteiger partial charge in [-0.3, -0.25) is 0 Å². The van der Waals surface area contributed by atoms with Crippen LogP contribution >= 0.6 is 0 Å². The minimum Gasteiger partial charge on any atom is -0.396 e. The molecule has 3 atom stereocenters. The van der Waals surface area contributed by atoms with Gasteiger partial charge in [0.05, 0.1) is 6.10 Å². The molecule has 0 aromatic rings. The minimum atomic E-state index is -0.239. The van der Waals surface area contributed by atoms with Gasteiger partial charge in [0.15, 0.2) is 0 Å². The Labute approximate surface area is 74.6 Å². The smallest absolute Gasteiger partial charge is 0.0593 e. The molecule has 0 aliphatic heterocycles. The zero-order valence-electron chi connectivity index (χ0n) is 7.87. The summed E-state index contributed by atoms with van der Waals surface area (Å²) in [6, 6.07) is 0. The summed E-state index contributed by atoms with van der Waals surface area (Å²) in [7, 11) is 0. The summed E-state index contributed by atoms with van der Waals surface area (Å²) in [6.45, 7) is 2.34. The molecule has 2 nitrogen and oxygen atoms in total. The normalized spacial score (nSPS) is 35.8. The Morgan fingerprint density at radius 2 is 2.08 bits per heavy atom. The number of hydrogen-bond acceptors (Lipinski definition) is 2. The highest BCUT2D eigenvalue weighted by atomic mass is 16.3. The van der Waals surface area contributed by atoms with Crippen LogP contribution in [0.4, 0.5) is 0 Å². The van der Waals surface area contributed by atoms with Crippen LogP contribution in [0, 0.1) is 11.8 Å². The fourth-order valence-corrected chi connectivity index (χ4v) is 2.22. The third kappa shape index (κ3) is 2.20. The van der Waals surface area contributed by atoms with Crippen molar-refractivity contribution in [1.82, 2.24) is 0 Å². The lowest BCUT2D eigenvalue weighted by molar-refractivity contribution is 0.0699. The minimum absolute atomic E-state index is 0.162. The van der Waals surface area contributed by atoms with Crippen LogP contribution in [0.2, 0.25) is 0 Å². The Bertz CT molecular complexity index is 125. The van der Waals surface area contributed by atoms with Crippen LogP contribution in [0.1, 0.15) is 39.0 Å². The average molecular weight is 172 g/mol. The molecular weight excluding hydrogens is 152 g/mol. The van der Waals surface area contributed by atoms with Crippen molar-refractivity contribution in [3.8, 4) is 0 Å². The first-order valence-electron chi connectivity index (χ1n) is 5.08. The maximum Gasteiger partial charge on any atom is 0.0593 e. The molecule has 0 aromatic carbocycles. The number of aliphatic hydroxyl groups is 2. The maximum absolute atomic E-state index is 9.50. The molecule has 1 fully saturated rings. The van der Waals surface area contributed by atoms with Crippen molar-refractivity contribution in [3.63, 3.8) is 0 Å². The molecule has 0 amide bonds. The first-order valence-corrected chi connectivity index (χ1v) is 5.08. The highest BCUT2D eigenvalue weighted by molar-refractivity contribution is 4.83. The molecule has 0 aromatic heterocycles. The van der Waals surface area contributed by atoms with Gasteiger partial charge in [-0.2, -0.15) is 0 Å². The molecule has 1 aliphatic carbocycles. The van der Waals surface area contributed by atoms with Crippen LogP contribution in [0.3, 0.4) is 0 Å². The van der Waals surface area contributed by atoms with Gasteiger partial charge in [-0.25, -0.2) is 0 Å². The van der Waals surface area contributed by atoms with E-state index < -0.39 is 0 Å². The molecule has 0 spiro atoms. The first-order chi connectivity index (χ1) is 5.79. The van der Waals surface area contributed by atoms with E-state index in [2.05, 4.69) is 6.92 Å². The van der Waals surface area contributed by atoms with Gasteiger partial charge in [0.2, 0.25) is 0 Å². The van der Waals surface area contributed by atoms with Crippen LogP contribution < -0.4 is 0 Å². The Morgan fingerprint density at radius 1 is 1.33 bits per heavy atom. The number of unbranched alkanes of at least 4 members (excludes halogenated alkanes) is 1. The second-order valence-corrected chi connectivity index (χ2v) is 3.89. The number of rotatable bonds is 4. The largest absolute Gasteiger partial charge is 0.396 e. The second kappa shape index (κ2) is 4.83. The lowest BCUT2D eigenvalue weighted by Gasteiger charge is -2.19. The van der Waals surface area contributed by atoms with E-state index in [1.165, 1.54) is 19.3 Å². The maximum atomic E-state index is 9.50. The molecule has 2 heteroatoms. The zero-order valence-corrected chi connectivity index (χ0v) is 7.87. The lowest BCUT2D eigenvalue weighted by Crippen LogP contribution is -2.22. The Hall–Kier alpha value is -0.0800. The summed E-state index contributed by atoms with van der Waals surface area (Å²) in [5, 5.41) is 18.5. The van der Waals surface area contributed by atoms with Gasteiger partial charge in [0.1, 0.15) is 0 Å². The number of aliphatic hydroxyl groups excluding tert-OH is 2. The third-order valence-electron chi connectivity index (χ3n) is 3.07. The molecule has 1 rings (SSSR count). The summed E-state index contributed by atoms with van der Waals surface area (Å²) in [5.74, 6) is 0.737. The van der Waals surface area contributed by atoms with E-state index in [1.807, 2.05) is 0 Å². The molecular formula is C10H20O2. The van der Waals surface area contributed by atoms with E-state index in [9.17, 15) is 5.11 Å². The molecule has 72 valence electrons. The summed E-state index contributed by atoms with van der Waals surface area (Å²) < 4.78 is 0. The van der Waals surface area contributed by atoms with Crippen molar-refractivity contribution in [2.24, 2.45) is 11.8 Å². The summed E-state index contributed by atoms with van der Waals surface area (Å²) >= 11 is 0. The van der Waals surface area contributed by atoms with Crippen molar-refractivity contribution in [2.45, 2.75) is 45.1 Å². The van der Waals surface area contributed by atoms with Crippen LogP contribution in [0.25, 0.3) is 0 Å². The van der Waals surface area contributed by atoms with E-state index in [1.54, 1.807) is 0 Å². The average Bonchev–Trinajstić information content (AvgIpc) is 2.43. The molecule has 0 heterocycles. The summed E-state index contributed by atoms with van der Waals surface area (Å²) in [4.78, 5) is 0. The topological polar surface area (TPSA) is 40.5 Å². The second-order valence-electron chi connectivity index (χ2n) is 3.89. The molecule has 0 bridgehead atoms. The molecule has 1 saturated carbocycles. The third-order valence-corrected chi connectivity index (χ3v) is 3.07. The number of hydrogen-bond donors (Lipinski definition) is 2. The molecule has 0 saturated heterocycles. The SMILES string of the molecule is CCCC[C@H]1CC[C@@H](O)[C@@H]1CO. The lowest BCUT2D eigenvalue weighted by atomic mass is 9.91. The van der Waals surface area contributed by atoms with Gasteiger partial charge in [-0.1, -0.05) is 26.2 Å². The molecule has 2 N–H and O–H groups in total. The monoisotopic (exact) mass is 172 g/mol. The summed E-state index contributed by atoms with van der Waals surface area (Å²) in [6.07, 6.45) is 5.38. The van der Waals surface area contributed by atoms with E-state index in [4.69, 9.17) is 5.11 Å². The van der Waals surface area contributed by atoms with E-state index in [0.29, 0.717) is 5.92 Å². The van der Waals surface area contributed by atoms with Crippen molar-refractivity contribution in [1.29, 1.82) is 0 Å². The standard InChI is InChI=1S/C10H20O2/c1-2-3-4-8-5-6-10(12)9(8)7-11/h8-12H,2-7H2,1H3/t8-,9+,10+/m0/s1. The molecule has 12 heavy (non-hydrogen) atoms. The Morgan fingerprint density at radius 3 is 2.67 bits per heavy atom. The van der Waals surface area contributed by atoms with Gasteiger partial charge < -0.3 is 10.2 Å². The van der Waals surface area contributed by atoms with Gasteiger partial charge >= 0.3 is 0 Å². The van der Waals surface area contributed by atoms with Gasteiger partial charge in [-0.05, 0) is 18.8 Å². The predicted molar refractivity (Wildman–Crippen MR) is 48.8 cm³/mol. The quantitative estimate of drug-likeness (QED) is 0.675. The van der Waals surface area contributed by atoms with Crippen LogP contribution in [0.15, 0.2) is 0 Å². The predicted octanol–water partition coefficient (Wildman–Crippen LogP) is 1.56.